The minimum atomic E-state index is -0.420. The van der Waals surface area contributed by atoms with Gasteiger partial charge in [0.25, 0.3) is 0 Å². The Kier molecular flexibility index (Phi) is 4.79. The molecule has 0 radical (unpaired) electrons. The van der Waals surface area contributed by atoms with Gasteiger partial charge in [-0.1, -0.05) is 0 Å². The zero-order valence-corrected chi connectivity index (χ0v) is 12.8. The Bertz CT molecular complexity index is 570. The summed E-state index contributed by atoms with van der Waals surface area (Å²) in [5.74, 6) is 0.271. The number of carbonyl (C=O) groups is 1. The van der Waals surface area contributed by atoms with Crippen LogP contribution in [0.15, 0.2) is 6.07 Å². The highest BCUT2D eigenvalue weighted by Crippen LogP contribution is 2.24. The summed E-state index contributed by atoms with van der Waals surface area (Å²) in [4.78, 5) is 18.7. The van der Waals surface area contributed by atoms with E-state index in [1.807, 2.05) is 0 Å². The molecule has 5 heteroatoms. The number of pyridine rings is 1. The summed E-state index contributed by atoms with van der Waals surface area (Å²) in [6.45, 7) is 7.21. The van der Waals surface area contributed by atoms with E-state index in [4.69, 9.17) is 4.74 Å². The van der Waals surface area contributed by atoms with E-state index >= 15 is 0 Å². The van der Waals surface area contributed by atoms with Crippen molar-refractivity contribution >= 4 is 11.8 Å². The van der Waals surface area contributed by atoms with Crippen molar-refractivity contribution in [1.82, 2.24) is 4.98 Å². The maximum Gasteiger partial charge on any atom is 0.340 e. The van der Waals surface area contributed by atoms with E-state index in [1.165, 1.54) is 6.42 Å². The molecule has 0 amide bonds. The van der Waals surface area contributed by atoms with E-state index in [1.54, 1.807) is 26.8 Å². The van der Waals surface area contributed by atoms with E-state index < -0.39 is 5.97 Å². The van der Waals surface area contributed by atoms with E-state index in [-0.39, 0.29) is 6.10 Å². The maximum absolute atomic E-state index is 12.0. The average Bonchev–Trinajstić information content (AvgIpc) is 2.47. The van der Waals surface area contributed by atoms with Crippen LogP contribution in [0.2, 0.25) is 0 Å². The van der Waals surface area contributed by atoms with Gasteiger partial charge in [0.1, 0.15) is 11.9 Å². The highest BCUT2D eigenvalue weighted by Gasteiger charge is 2.21. The number of ether oxygens (including phenoxy) is 1. The smallest absolute Gasteiger partial charge is 0.340 e. The molecule has 1 aromatic heterocycles. The summed E-state index contributed by atoms with van der Waals surface area (Å²) < 4.78 is 5.20. The monoisotopic (exact) mass is 287 g/mol. The van der Waals surface area contributed by atoms with E-state index in [9.17, 15) is 10.1 Å². The second kappa shape index (κ2) is 6.57. The van der Waals surface area contributed by atoms with Gasteiger partial charge in [-0.05, 0) is 46.1 Å². The Morgan fingerprint density at radius 3 is 2.62 bits per heavy atom. The molecule has 1 aliphatic rings. The molecular weight excluding hydrogens is 266 g/mol. The van der Waals surface area contributed by atoms with Crippen molar-refractivity contribution in [2.24, 2.45) is 0 Å². The van der Waals surface area contributed by atoms with E-state index in [2.05, 4.69) is 16.0 Å². The first-order valence-electron chi connectivity index (χ1n) is 7.40. The molecular formula is C16H21N3O2. The van der Waals surface area contributed by atoms with E-state index in [0.29, 0.717) is 22.6 Å². The first-order valence-corrected chi connectivity index (χ1v) is 7.40. The summed E-state index contributed by atoms with van der Waals surface area (Å²) in [5.41, 5.74) is 1.43. The summed E-state index contributed by atoms with van der Waals surface area (Å²) in [6, 6.07) is 3.76. The molecule has 0 unspecified atom stereocenters. The molecule has 112 valence electrons. The quantitative estimate of drug-likeness (QED) is 0.800. The van der Waals surface area contributed by atoms with Crippen molar-refractivity contribution < 1.29 is 9.53 Å². The number of nitrogens with zero attached hydrogens (tertiary/aromatic N) is 3. The number of aryl methyl sites for hydroxylation is 1. The van der Waals surface area contributed by atoms with Gasteiger partial charge in [-0.15, -0.1) is 0 Å². The molecule has 0 bridgehead atoms. The number of nitriles is 1. The molecule has 2 heterocycles. The molecule has 1 fully saturated rings. The topological polar surface area (TPSA) is 66.2 Å². The third kappa shape index (κ3) is 3.52. The van der Waals surface area contributed by atoms with Gasteiger partial charge >= 0.3 is 5.97 Å². The van der Waals surface area contributed by atoms with Gasteiger partial charge in [0.15, 0.2) is 0 Å². The Labute approximate surface area is 125 Å². The Morgan fingerprint density at radius 2 is 2.05 bits per heavy atom. The van der Waals surface area contributed by atoms with Crippen LogP contribution >= 0.6 is 0 Å². The number of carbonyl (C=O) groups excluding carboxylic acids is 1. The van der Waals surface area contributed by atoms with Gasteiger partial charge in [-0.2, -0.15) is 5.26 Å². The first kappa shape index (κ1) is 15.3. The van der Waals surface area contributed by atoms with Crippen LogP contribution in [0.5, 0.6) is 0 Å². The molecule has 0 aliphatic carbocycles. The highest BCUT2D eigenvalue weighted by atomic mass is 16.5. The standard InChI is InChI=1S/C16H21N3O2/c1-11(2)21-16(20)14-9-13(10-17)15(18-12(14)3)19-7-5-4-6-8-19/h9,11H,4-8H2,1-3H3. The van der Waals surface area contributed by atoms with Crippen molar-refractivity contribution in [3.63, 3.8) is 0 Å². The Morgan fingerprint density at radius 1 is 1.38 bits per heavy atom. The zero-order valence-electron chi connectivity index (χ0n) is 12.8. The molecule has 0 aromatic carbocycles. The van der Waals surface area contributed by atoms with Gasteiger partial charge in [0.2, 0.25) is 0 Å². The summed E-state index contributed by atoms with van der Waals surface area (Å²) >= 11 is 0. The highest BCUT2D eigenvalue weighted by molar-refractivity contribution is 5.91. The number of hydrogen-bond acceptors (Lipinski definition) is 5. The van der Waals surface area contributed by atoms with Crippen molar-refractivity contribution in [1.29, 1.82) is 5.26 Å². The van der Waals surface area contributed by atoms with Gasteiger partial charge in [-0.25, -0.2) is 9.78 Å². The van der Waals surface area contributed by atoms with Crippen LogP contribution in [-0.4, -0.2) is 30.1 Å². The van der Waals surface area contributed by atoms with E-state index in [0.717, 1.165) is 25.9 Å². The van der Waals surface area contributed by atoms with Crippen LogP contribution in [0, 0.1) is 18.3 Å². The summed E-state index contributed by atoms with van der Waals surface area (Å²) in [7, 11) is 0. The van der Waals surface area contributed by atoms with Crippen LogP contribution in [0.25, 0.3) is 0 Å². The van der Waals surface area contributed by atoms with Gasteiger partial charge in [0.05, 0.1) is 22.9 Å². The molecule has 21 heavy (non-hydrogen) atoms. The van der Waals surface area contributed by atoms with Gasteiger partial charge in [0, 0.05) is 13.1 Å². The van der Waals surface area contributed by atoms with Crippen LogP contribution < -0.4 is 4.90 Å². The molecule has 1 saturated heterocycles. The Hall–Kier alpha value is -2.09. The normalized spacial score (nSPS) is 14.9. The van der Waals surface area contributed by atoms with Crippen LogP contribution in [-0.2, 0) is 4.74 Å². The fourth-order valence-corrected chi connectivity index (χ4v) is 2.51. The lowest BCUT2D eigenvalue weighted by molar-refractivity contribution is 0.0376. The minimum Gasteiger partial charge on any atom is -0.459 e. The second-order valence-corrected chi connectivity index (χ2v) is 5.61. The van der Waals surface area contributed by atoms with Crippen LogP contribution in [0.1, 0.15) is 54.7 Å². The SMILES string of the molecule is Cc1nc(N2CCCCC2)c(C#N)cc1C(=O)OC(C)C. The molecule has 0 spiro atoms. The number of esters is 1. The molecule has 0 saturated carbocycles. The molecule has 2 rings (SSSR count). The molecule has 5 nitrogen and oxygen atoms in total. The first-order chi connectivity index (χ1) is 10.0. The fraction of sp³-hybridized carbons (Fsp3) is 0.562. The molecule has 1 aliphatic heterocycles. The number of rotatable bonds is 3. The second-order valence-electron chi connectivity index (χ2n) is 5.61. The molecule has 0 N–H and O–H groups in total. The van der Waals surface area contributed by atoms with Gasteiger partial charge < -0.3 is 9.64 Å². The van der Waals surface area contributed by atoms with Gasteiger partial charge in [-0.3, -0.25) is 0 Å². The minimum absolute atomic E-state index is 0.191. The number of hydrogen-bond donors (Lipinski definition) is 0. The predicted molar refractivity (Wildman–Crippen MR) is 80.3 cm³/mol. The number of piperidine rings is 1. The summed E-state index contributed by atoms with van der Waals surface area (Å²) in [5, 5.41) is 9.36. The number of anilines is 1. The third-order valence-electron chi connectivity index (χ3n) is 3.53. The van der Waals surface area contributed by atoms with Crippen molar-refractivity contribution in [2.45, 2.75) is 46.1 Å². The fourth-order valence-electron chi connectivity index (χ4n) is 2.51. The van der Waals surface area contributed by atoms with Crippen LogP contribution in [0.4, 0.5) is 5.82 Å². The predicted octanol–water partition coefficient (Wildman–Crippen LogP) is 2.82. The van der Waals surface area contributed by atoms with Crippen LogP contribution in [0.3, 0.4) is 0 Å². The summed E-state index contributed by atoms with van der Waals surface area (Å²) in [6.07, 6.45) is 3.26. The lowest BCUT2D eigenvalue weighted by Gasteiger charge is -2.28. The largest absolute Gasteiger partial charge is 0.459 e. The molecule has 0 atom stereocenters. The van der Waals surface area contributed by atoms with Crippen molar-refractivity contribution in [2.75, 3.05) is 18.0 Å². The number of aromatic nitrogens is 1. The zero-order chi connectivity index (χ0) is 15.4. The lowest BCUT2D eigenvalue weighted by atomic mass is 10.1. The van der Waals surface area contributed by atoms with Crippen molar-refractivity contribution in [3.05, 3.63) is 22.9 Å². The van der Waals surface area contributed by atoms with Crippen molar-refractivity contribution in [3.8, 4) is 6.07 Å². The lowest BCUT2D eigenvalue weighted by Crippen LogP contribution is -2.31. The maximum atomic E-state index is 12.0. The Balaban J connectivity index is 2.35. The average molecular weight is 287 g/mol. The third-order valence-corrected chi connectivity index (χ3v) is 3.53. The molecule has 1 aromatic rings.